The summed E-state index contributed by atoms with van der Waals surface area (Å²) in [7, 11) is 1.66. The molecule has 1 amide bonds. The first-order valence-corrected chi connectivity index (χ1v) is 8.49. The van der Waals surface area contributed by atoms with E-state index in [-0.39, 0.29) is 23.5 Å². The molecule has 0 radical (unpaired) electrons. The Hall–Kier alpha value is -1.73. The van der Waals surface area contributed by atoms with Crippen LogP contribution in [-0.4, -0.2) is 40.8 Å². The van der Waals surface area contributed by atoms with E-state index in [1.807, 2.05) is 11.4 Å². The Morgan fingerprint density at radius 2 is 2.26 bits per heavy atom. The van der Waals surface area contributed by atoms with Crippen LogP contribution >= 0.6 is 11.3 Å². The molecular formula is C16H21N3O3S. The van der Waals surface area contributed by atoms with Crippen LogP contribution in [0.5, 0.6) is 0 Å². The Labute approximate surface area is 139 Å². The van der Waals surface area contributed by atoms with Crippen molar-refractivity contribution in [2.24, 2.45) is 0 Å². The summed E-state index contributed by atoms with van der Waals surface area (Å²) >= 11 is 1.66. The van der Waals surface area contributed by atoms with Crippen LogP contribution in [0.25, 0.3) is 0 Å². The molecule has 2 atom stereocenters. The SMILES string of the molecule is CO[C@H]1C[C@H](c2nnc(C(C)(C)c3cccs3)o2)N(C(C)=O)C1. The third-order valence-corrected chi connectivity index (χ3v) is 5.59. The van der Waals surface area contributed by atoms with E-state index in [1.165, 1.54) is 0 Å². The van der Waals surface area contributed by atoms with Crippen LogP contribution < -0.4 is 0 Å². The average molecular weight is 335 g/mol. The van der Waals surface area contributed by atoms with Gasteiger partial charge in [0.25, 0.3) is 0 Å². The highest BCUT2D eigenvalue weighted by Crippen LogP contribution is 2.37. The number of aromatic nitrogens is 2. The van der Waals surface area contributed by atoms with Crippen molar-refractivity contribution < 1.29 is 13.9 Å². The van der Waals surface area contributed by atoms with Gasteiger partial charge in [-0.3, -0.25) is 4.79 Å². The van der Waals surface area contributed by atoms with E-state index in [9.17, 15) is 4.79 Å². The summed E-state index contributed by atoms with van der Waals surface area (Å²) in [5, 5.41) is 10.5. The van der Waals surface area contributed by atoms with Gasteiger partial charge in [0.15, 0.2) is 0 Å². The van der Waals surface area contributed by atoms with Crippen LogP contribution in [0.4, 0.5) is 0 Å². The van der Waals surface area contributed by atoms with E-state index in [2.05, 4.69) is 30.1 Å². The summed E-state index contributed by atoms with van der Waals surface area (Å²) in [6, 6.07) is 3.86. The first-order chi connectivity index (χ1) is 10.9. The maximum atomic E-state index is 11.9. The zero-order chi connectivity index (χ0) is 16.6. The third-order valence-electron chi connectivity index (χ3n) is 4.40. The lowest BCUT2D eigenvalue weighted by Gasteiger charge is -2.20. The fraction of sp³-hybridized carbons (Fsp3) is 0.562. The second kappa shape index (κ2) is 6.05. The number of amides is 1. The largest absolute Gasteiger partial charge is 0.422 e. The smallest absolute Gasteiger partial charge is 0.239 e. The maximum absolute atomic E-state index is 11.9. The zero-order valence-electron chi connectivity index (χ0n) is 13.8. The van der Waals surface area contributed by atoms with Crippen molar-refractivity contribution in [1.29, 1.82) is 0 Å². The van der Waals surface area contributed by atoms with Crippen LogP contribution in [0.1, 0.15) is 49.9 Å². The van der Waals surface area contributed by atoms with Gasteiger partial charge in [0.1, 0.15) is 6.04 Å². The molecular weight excluding hydrogens is 314 g/mol. The zero-order valence-corrected chi connectivity index (χ0v) is 14.6. The predicted octanol–water partition coefficient (Wildman–Crippen LogP) is 2.77. The lowest BCUT2D eigenvalue weighted by Crippen LogP contribution is -2.29. The number of hydrogen-bond acceptors (Lipinski definition) is 6. The van der Waals surface area contributed by atoms with Crippen molar-refractivity contribution in [2.75, 3.05) is 13.7 Å². The van der Waals surface area contributed by atoms with Gasteiger partial charge < -0.3 is 14.1 Å². The van der Waals surface area contributed by atoms with Crippen LogP contribution in [0.15, 0.2) is 21.9 Å². The van der Waals surface area contributed by atoms with Crippen molar-refractivity contribution in [3.05, 3.63) is 34.2 Å². The molecule has 2 aromatic heterocycles. The lowest BCUT2D eigenvalue weighted by atomic mass is 9.91. The molecule has 1 aliphatic rings. The molecule has 6 nitrogen and oxygen atoms in total. The molecule has 3 rings (SSSR count). The van der Waals surface area contributed by atoms with E-state index in [4.69, 9.17) is 9.15 Å². The van der Waals surface area contributed by atoms with Crippen molar-refractivity contribution in [1.82, 2.24) is 15.1 Å². The molecule has 1 saturated heterocycles. The molecule has 0 aromatic carbocycles. The van der Waals surface area contributed by atoms with Gasteiger partial charge in [-0.1, -0.05) is 6.07 Å². The van der Waals surface area contributed by atoms with Gasteiger partial charge in [-0.15, -0.1) is 21.5 Å². The highest BCUT2D eigenvalue weighted by Gasteiger charge is 2.39. The molecule has 7 heteroatoms. The molecule has 0 spiro atoms. The molecule has 2 aromatic rings. The predicted molar refractivity (Wildman–Crippen MR) is 86.3 cm³/mol. The number of methoxy groups -OCH3 is 1. The number of carbonyl (C=O) groups is 1. The van der Waals surface area contributed by atoms with Crippen molar-refractivity contribution in [2.45, 2.75) is 44.8 Å². The second-order valence-corrected chi connectivity index (χ2v) is 7.28. The Bertz CT molecular complexity index is 681. The Morgan fingerprint density at radius 1 is 1.48 bits per heavy atom. The van der Waals surface area contributed by atoms with Crippen LogP contribution in [0, 0.1) is 0 Å². The van der Waals surface area contributed by atoms with Crippen molar-refractivity contribution in [3.63, 3.8) is 0 Å². The van der Waals surface area contributed by atoms with Crippen LogP contribution in [0.2, 0.25) is 0 Å². The summed E-state index contributed by atoms with van der Waals surface area (Å²) in [6.07, 6.45) is 0.682. The van der Waals surface area contributed by atoms with Gasteiger partial charge in [0, 0.05) is 31.9 Å². The Morgan fingerprint density at radius 3 is 2.87 bits per heavy atom. The Balaban J connectivity index is 1.88. The summed E-state index contributed by atoms with van der Waals surface area (Å²) in [5.74, 6) is 1.05. The number of thiophene rings is 1. The Kier molecular flexibility index (Phi) is 4.25. The van der Waals surface area contributed by atoms with Gasteiger partial charge in [-0.2, -0.15) is 0 Å². The van der Waals surface area contributed by atoms with Gasteiger partial charge >= 0.3 is 0 Å². The number of ether oxygens (including phenoxy) is 1. The van der Waals surface area contributed by atoms with E-state index in [0.717, 1.165) is 4.88 Å². The molecule has 124 valence electrons. The second-order valence-electron chi connectivity index (χ2n) is 6.33. The van der Waals surface area contributed by atoms with Gasteiger partial charge in [-0.05, 0) is 25.3 Å². The quantitative estimate of drug-likeness (QED) is 0.859. The molecule has 23 heavy (non-hydrogen) atoms. The molecule has 0 bridgehead atoms. The molecule has 0 aliphatic carbocycles. The van der Waals surface area contributed by atoms with Crippen molar-refractivity contribution >= 4 is 17.2 Å². The van der Waals surface area contributed by atoms with Gasteiger partial charge in [-0.25, -0.2) is 0 Å². The van der Waals surface area contributed by atoms with E-state index >= 15 is 0 Å². The third kappa shape index (κ3) is 2.90. The first-order valence-electron chi connectivity index (χ1n) is 7.61. The molecule has 3 heterocycles. The van der Waals surface area contributed by atoms with Crippen molar-refractivity contribution in [3.8, 4) is 0 Å². The van der Waals surface area contributed by atoms with Gasteiger partial charge in [0.2, 0.25) is 17.7 Å². The number of likely N-dealkylation sites (tertiary alicyclic amines) is 1. The summed E-state index contributed by atoms with van der Waals surface area (Å²) < 4.78 is 11.4. The number of carbonyl (C=O) groups excluding carboxylic acids is 1. The van der Waals surface area contributed by atoms with Crippen LogP contribution in [0.3, 0.4) is 0 Å². The monoisotopic (exact) mass is 335 g/mol. The van der Waals surface area contributed by atoms with Crippen LogP contribution in [-0.2, 0) is 14.9 Å². The number of rotatable bonds is 4. The van der Waals surface area contributed by atoms with Gasteiger partial charge in [0.05, 0.1) is 11.5 Å². The highest BCUT2D eigenvalue weighted by atomic mass is 32.1. The minimum Gasteiger partial charge on any atom is -0.422 e. The first kappa shape index (κ1) is 16.1. The lowest BCUT2D eigenvalue weighted by molar-refractivity contribution is -0.130. The number of hydrogen-bond donors (Lipinski definition) is 0. The summed E-state index contributed by atoms with van der Waals surface area (Å²) in [4.78, 5) is 14.8. The van der Waals surface area contributed by atoms with E-state index < -0.39 is 0 Å². The van der Waals surface area contributed by atoms with E-state index in [1.54, 1.807) is 30.3 Å². The summed E-state index contributed by atoms with van der Waals surface area (Å²) in [5.41, 5.74) is -0.347. The standard InChI is InChI=1S/C16H21N3O3S/c1-10(20)19-9-11(21-4)8-12(19)14-17-18-15(22-14)16(2,3)13-6-5-7-23-13/h5-7,11-12H,8-9H2,1-4H3/t11-,12+/m0/s1. The molecule has 0 N–H and O–H groups in total. The normalized spacial score (nSPS) is 21.8. The fourth-order valence-corrected chi connectivity index (χ4v) is 3.75. The fourth-order valence-electron chi connectivity index (χ4n) is 2.91. The maximum Gasteiger partial charge on any atom is 0.239 e. The molecule has 1 fully saturated rings. The number of nitrogens with zero attached hydrogens (tertiary/aromatic N) is 3. The molecule has 0 saturated carbocycles. The highest BCUT2D eigenvalue weighted by molar-refractivity contribution is 7.10. The minimum absolute atomic E-state index is 0.00422. The van der Waals surface area contributed by atoms with E-state index in [0.29, 0.717) is 24.7 Å². The topological polar surface area (TPSA) is 68.5 Å². The molecule has 1 aliphatic heterocycles. The minimum atomic E-state index is -0.347. The summed E-state index contributed by atoms with van der Waals surface area (Å²) in [6.45, 7) is 6.23. The average Bonchev–Trinajstić information content (AvgIpc) is 3.25. The molecule has 0 unspecified atom stereocenters.